The SMILES string of the molecule is O=C(CN1CCC(O)C1)NC(=O)c1ccc[nH]1. The Morgan fingerprint density at radius 3 is 3.00 bits per heavy atom. The third-order valence-electron chi connectivity index (χ3n) is 2.71. The lowest BCUT2D eigenvalue weighted by Crippen LogP contribution is -2.39. The van der Waals surface area contributed by atoms with Gasteiger partial charge in [-0.15, -0.1) is 0 Å². The van der Waals surface area contributed by atoms with Crippen molar-refractivity contribution in [3.63, 3.8) is 0 Å². The van der Waals surface area contributed by atoms with Gasteiger partial charge in [0.15, 0.2) is 0 Å². The lowest BCUT2D eigenvalue weighted by Gasteiger charge is -2.13. The number of nitrogens with one attached hydrogen (secondary N) is 2. The number of likely N-dealkylation sites (tertiary alicyclic amines) is 1. The van der Waals surface area contributed by atoms with Gasteiger partial charge < -0.3 is 10.1 Å². The molecule has 6 nitrogen and oxygen atoms in total. The van der Waals surface area contributed by atoms with Gasteiger partial charge in [0.1, 0.15) is 5.69 Å². The molecule has 1 atom stereocenters. The molecule has 0 bridgehead atoms. The van der Waals surface area contributed by atoms with Crippen LogP contribution in [0.4, 0.5) is 0 Å². The van der Waals surface area contributed by atoms with Crippen molar-refractivity contribution in [2.45, 2.75) is 12.5 Å². The van der Waals surface area contributed by atoms with E-state index in [1.54, 1.807) is 18.3 Å². The molecule has 1 aliphatic heterocycles. The van der Waals surface area contributed by atoms with Crippen molar-refractivity contribution in [3.8, 4) is 0 Å². The minimum Gasteiger partial charge on any atom is -0.392 e. The van der Waals surface area contributed by atoms with Crippen LogP contribution < -0.4 is 5.32 Å². The number of aromatic nitrogens is 1. The summed E-state index contributed by atoms with van der Waals surface area (Å²) in [7, 11) is 0. The topological polar surface area (TPSA) is 85.4 Å². The van der Waals surface area contributed by atoms with Gasteiger partial charge in [-0.3, -0.25) is 19.8 Å². The van der Waals surface area contributed by atoms with Crippen LogP contribution in [0.3, 0.4) is 0 Å². The molecule has 0 saturated carbocycles. The summed E-state index contributed by atoms with van der Waals surface area (Å²) in [4.78, 5) is 27.6. The molecule has 0 aliphatic carbocycles. The van der Waals surface area contributed by atoms with E-state index in [4.69, 9.17) is 0 Å². The Morgan fingerprint density at radius 2 is 2.41 bits per heavy atom. The first kappa shape index (κ1) is 11.8. The van der Waals surface area contributed by atoms with Crippen LogP contribution in [0.1, 0.15) is 16.9 Å². The number of hydrogen-bond acceptors (Lipinski definition) is 4. The maximum absolute atomic E-state index is 11.5. The summed E-state index contributed by atoms with van der Waals surface area (Å²) < 4.78 is 0. The van der Waals surface area contributed by atoms with Crippen molar-refractivity contribution in [1.29, 1.82) is 0 Å². The van der Waals surface area contributed by atoms with Crippen LogP contribution in [0.25, 0.3) is 0 Å². The smallest absolute Gasteiger partial charge is 0.274 e. The van der Waals surface area contributed by atoms with Gasteiger partial charge >= 0.3 is 0 Å². The second-order valence-corrected chi connectivity index (χ2v) is 4.14. The van der Waals surface area contributed by atoms with Crippen LogP contribution in [0, 0.1) is 0 Å². The number of rotatable bonds is 3. The Hall–Kier alpha value is -1.66. The van der Waals surface area contributed by atoms with Gasteiger partial charge in [-0.05, 0) is 18.6 Å². The summed E-state index contributed by atoms with van der Waals surface area (Å²) >= 11 is 0. The lowest BCUT2D eigenvalue weighted by molar-refractivity contribution is -0.121. The maximum atomic E-state index is 11.5. The normalized spacial score (nSPS) is 20.4. The summed E-state index contributed by atoms with van der Waals surface area (Å²) in [5.74, 6) is -0.779. The zero-order valence-corrected chi connectivity index (χ0v) is 9.35. The first-order chi connectivity index (χ1) is 8.15. The highest BCUT2D eigenvalue weighted by molar-refractivity contribution is 6.04. The Labute approximate surface area is 98.6 Å². The molecule has 1 aromatic rings. The van der Waals surface area contributed by atoms with E-state index in [9.17, 15) is 14.7 Å². The summed E-state index contributed by atoms with van der Waals surface area (Å²) in [5.41, 5.74) is 0.361. The molecule has 0 radical (unpaired) electrons. The van der Waals surface area contributed by atoms with Crippen LogP contribution in [0.2, 0.25) is 0 Å². The fourth-order valence-electron chi connectivity index (χ4n) is 1.86. The average molecular weight is 237 g/mol. The summed E-state index contributed by atoms with van der Waals surface area (Å²) in [6.45, 7) is 1.32. The Bertz CT molecular complexity index is 402. The molecule has 2 amide bonds. The van der Waals surface area contributed by atoms with Gasteiger partial charge in [-0.2, -0.15) is 0 Å². The largest absolute Gasteiger partial charge is 0.392 e. The third-order valence-corrected chi connectivity index (χ3v) is 2.71. The number of aliphatic hydroxyl groups is 1. The van der Waals surface area contributed by atoms with E-state index in [-0.39, 0.29) is 18.6 Å². The first-order valence-electron chi connectivity index (χ1n) is 5.53. The van der Waals surface area contributed by atoms with Crippen molar-refractivity contribution < 1.29 is 14.7 Å². The van der Waals surface area contributed by atoms with E-state index in [2.05, 4.69) is 10.3 Å². The molecule has 17 heavy (non-hydrogen) atoms. The zero-order valence-electron chi connectivity index (χ0n) is 9.35. The van der Waals surface area contributed by atoms with Crippen LogP contribution in [0.15, 0.2) is 18.3 Å². The summed E-state index contributed by atoms with van der Waals surface area (Å²) in [6, 6.07) is 3.29. The molecule has 3 N–H and O–H groups in total. The molecule has 1 fully saturated rings. The second kappa shape index (κ2) is 5.11. The number of nitrogens with zero attached hydrogens (tertiary/aromatic N) is 1. The monoisotopic (exact) mass is 237 g/mol. The Kier molecular flexibility index (Phi) is 3.55. The minimum atomic E-state index is -0.431. The number of carbonyl (C=O) groups is 2. The Balaban J connectivity index is 1.79. The number of β-amino-alcohol motifs (C(OH)–C–C–N with tert-alkyl or cyclic N) is 1. The number of aromatic amines is 1. The molecular formula is C11H15N3O3. The van der Waals surface area contributed by atoms with Gasteiger partial charge in [0.25, 0.3) is 5.91 Å². The number of aliphatic hydroxyl groups excluding tert-OH is 1. The molecule has 1 saturated heterocycles. The van der Waals surface area contributed by atoms with E-state index in [1.165, 1.54) is 0 Å². The average Bonchev–Trinajstić information content (AvgIpc) is 2.89. The molecule has 1 aliphatic rings. The molecule has 2 heterocycles. The number of imide groups is 1. The van der Waals surface area contributed by atoms with Crippen LogP contribution in [-0.4, -0.2) is 52.5 Å². The third kappa shape index (κ3) is 3.15. The number of hydrogen-bond donors (Lipinski definition) is 3. The van der Waals surface area contributed by atoms with E-state index >= 15 is 0 Å². The van der Waals surface area contributed by atoms with Crippen molar-refractivity contribution in [2.75, 3.05) is 19.6 Å². The van der Waals surface area contributed by atoms with Crippen molar-refractivity contribution in [2.24, 2.45) is 0 Å². The van der Waals surface area contributed by atoms with Crippen molar-refractivity contribution in [1.82, 2.24) is 15.2 Å². The second-order valence-electron chi connectivity index (χ2n) is 4.14. The maximum Gasteiger partial charge on any atom is 0.274 e. The quantitative estimate of drug-likeness (QED) is 0.651. The Morgan fingerprint density at radius 1 is 1.59 bits per heavy atom. The zero-order chi connectivity index (χ0) is 12.3. The number of amides is 2. The van der Waals surface area contributed by atoms with Crippen molar-refractivity contribution in [3.05, 3.63) is 24.0 Å². The molecule has 0 aromatic carbocycles. The molecule has 0 spiro atoms. The van der Waals surface area contributed by atoms with Gasteiger partial charge in [0.2, 0.25) is 5.91 Å². The molecular weight excluding hydrogens is 222 g/mol. The fourth-order valence-corrected chi connectivity index (χ4v) is 1.86. The summed E-state index contributed by atoms with van der Waals surface area (Å²) in [5, 5.41) is 11.6. The highest BCUT2D eigenvalue weighted by Gasteiger charge is 2.22. The predicted molar refractivity (Wildman–Crippen MR) is 60.3 cm³/mol. The molecule has 2 rings (SSSR count). The predicted octanol–water partition coefficient (Wildman–Crippen LogP) is -0.662. The van der Waals surface area contributed by atoms with E-state index < -0.39 is 5.91 Å². The van der Waals surface area contributed by atoms with Crippen molar-refractivity contribution >= 4 is 11.8 Å². The van der Waals surface area contributed by atoms with Crippen LogP contribution >= 0.6 is 0 Å². The van der Waals surface area contributed by atoms with Gasteiger partial charge in [0.05, 0.1) is 12.6 Å². The van der Waals surface area contributed by atoms with E-state index in [0.29, 0.717) is 25.2 Å². The van der Waals surface area contributed by atoms with Gasteiger partial charge in [-0.25, -0.2) is 0 Å². The number of H-pyrrole nitrogens is 1. The summed E-state index contributed by atoms with van der Waals surface area (Å²) in [6.07, 6.45) is 1.94. The molecule has 1 aromatic heterocycles. The molecule has 6 heteroatoms. The van der Waals surface area contributed by atoms with Gasteiger partial charge in [0, 0.05) is 19.3 Å². The minimum absolute atomic E-state index is 0.142. The van der Waals surface area contributed by atoms with Gasteiger partial charge in [-0.1, -0.05) is 0 Å². The lowest BCUT2D eigenvalue weighted by atomic mass is 10.3. The highest BCUT2D eigenvalue weighted by Crippen LogP contribution is 2.07. The first-order valence-corrected chi connectivity index (χ1v) is 5.53. The van der Waals surface area contributed by atoms with E-state index in [1.807, 2.05) is 4.90 Å². The van der Waals surface area contributed by atoms with Crippen LogP contribution in [-0.2, 0) is 4.79 Å². The number of carbonyl (C=O) groups excluding carboxylic acids is 2. The molecule has 92 valence electrons. The highest BCUT2D eigenvalue weighted by atomic mass is 16.3. The van der Waals surface area contributed by atoms with Crippen LogP contribution in [0.5, 0.6) is 0 Å². The molecule has 1 unspecified atom stereocenters. The van der Waals surface area contributed by atoms with E-state index in [0.717, 1.165) is 0 Å². The fraction of sp³-hybridized carbons (Fsp3) is 0.455. The standard InChI is InChI=1S/C11H15N3O3/c15-8-3-5-14(6-8)7-10(16)13-11(17)9-2-1-4-12-9/h1-2,4,8,12,15H,3,5-7H2,(H,13,16,17).